The molecule has 0 nitrogen and oxygen atoms in total. The van der Waals surface area contributed by atoms with Crippen molar-refractivity contribution < 1.29 is 1.37 Å². The highest BCUT2D eigenvalue weighted by atomic mass is 32.1. The van der Waals surface area contributed by atoms with Crippen LogP contribution in [0.5, 0.6) is 0 Å². The molecule has 2 aliphatic rings. The van der Waals surface area contributed by atoms with Crippen molar-refractivity contribution in [2.45, 2.75) is 64.2 Å². The second-order valence-corrected chi connectivity index (χ2v) is 3.34. The maximum Gasteiger partial charge on any atom is 0.0267 e. The second kappa shape index (κ2) is 8.45. The van der Waals surface area contributed by atoms with E-state index in [-0.39, 0.29) is 13.5 Å². The van der Waals surface area contributed by atoms with E-state index in [1.165, 1.54) is 44.9 Å². The Bertz CT molecular complexity index is 78.2. The molecule has 0 heterocycles. The molecule has 2 fully saturated rings. The van der Waals surface area contributed by atoms with Crippen molar-refractivity contribution in [3.63, 3.8) is 0 Å². The van der Waals surface area contributed by atoms with E-state index >= 15 is 0 Å². The van der Waals surface area contributed by atoms with Crippen molar-refractivity contribution in [2.24, 2.45) is 0 Å². The zero-order valence-corrected chi connectivity index (χ0v) is 8.44. The first kappa shape index (κ1) is 9.44. The van der Waals surface area contributed by atoms with Crippen LogP contribution in [-0.2, 0) is 0 Å². The van der Waals surface area contributed by atoms with E-state index in [1.807, 2.05) is 0 Å². The van der Waals surface area contributed by atoms with Crippen LogP contribution < -0.4 is 0 Å². The van der Waals surface area contributed by atoms with Gasteiger partial charge in [-0.2, -0.15) is 13.5 Å². The van der Waals surface area contributed by atoms with Gasteiger partial charge < -0.3 is 0 Å². The van der Waals surface area contributed by atoms with Gasteiger partial charge in [0.05, 0.1) is 0 Å². The normalized spacial score (nSPS) is 24.9. The monoisotopic (exact) mass is 176 g/mol. The smallest absolute Gasteiger partial charge is 0.0267 e. The van der Waals surface area contributed by atoms with Crippen LogP contribution >= 0.6 is 13.5 Å². The maximum absolute atomic E-state index is 7.13. The standard InChI is InChI=1S/2C5H10.H2S/c2*1-2-4-5-3-1;/h2*1-5H2;1H2/i1T;;. The summed E-state index contributed by atoms with van der Waals surface area (Å²) < 4.78 is 7.13. The van der Waals surface area contributed by atoms with Gasteiger partial charge in [-0.3, -0.25) is 0 Å². The van der Waals surface area contributed by atoms with Crippen LogP contribution in [0.25, 0.3) is 0 Å². The zero-order chi connectivity index (χ0) is 7.94. The van der Waals surface area contributed by atoms with E-state index < -0.39 is 0 Å². The van der Waals surface area contributed by atoms with Gasteiger partial charge >= 0.3 is 0 Å². The van der Waals surface area contributed by atoms with Crippen LogP contribution in [0.15, 0.2) is 0 Å². The van der Waals surface area contributed by atoms with Crippen molar-refractivity contribution >= 4 is 13.5 Å². The molecule has 2 aliphatic carbocycles. The predicted octanol–water partition coefficient (Wildman–Crippen LogP) is 4.01. The first-order chi connectivity index (χ1) is 5.39. The summed E-state index contributed by atoms with van der Waals surface area (Å²) >= 11 is 0. The van der Waals surface area contributed by atoms with Gasteiger partial charge in [0, 0.05) is 1.37 Å². The summed E-state index contributed by atoms with van der Waals surface area (Å²) in [7, 11) is 0. The van der Waals surface area contributed by atoms with Gasteiger partial charge in [-0.15, -0.1) is 0 Å². The Morgan fingerprint density at radius 3 is 1.00 bits per heavy atom. The Morgan fingerprint density at radius 1 is 0.545 bits per heavy atom. The highest BCUT2D eigenvalue weighted by molar-refractivity contribution is 7.59. The Hall–Kier alpha value is 0.350. The molecular formula is C10H22S. The molecule has 0 unspecified atom stereocenters. The quantitative estimate of drug-likeness (QED) is 0.523. The van der Waals surface area contributed by atoms with Gasteiger partial charge in [-0.25, -0.2) is 0 Å². The van der Waals surface area contributed by atoms with Crippen LogP contribution in [-0.4, -0.2) is 0 Å². The third-order valence-electron chi connectivity index (χ3n) is 2.32. The first-order valence-corrected chi connectivity index (χ1v) is 4.82. The van der Waals surface area contributed by atoms with E-state index in [2.05, 4.69) is 0 Å². The molecule has 0 saturated heterocycles. The summed E-state index contributed by atoms with van der Waals surface area (Å²) in [5.41, 5.74) is 0. The summed E-state index contributed by atoms with van der Waals surface area (Å²) in [6.45, 7) is 0. The fraction of sp³-hybridized carbons (Fsp3) is 1.00. The third kappa shape index (κ3) is 6.74. The molecule has 0 N–H and O–H groups in total. The number of rotatable bonds is 0. The molecule has 1 heteroatoms. The van der Waals surface area contributed by atoms with Crippen molar-refractivity contribution in [2.75, 3.05) is 0 Å². The molecule has 0 aromatic rings. The van der Waals surface area contributed by atoms with Crippen molar-refractivity contribution in [1.29, 1.82) is 0 Å². The summed E-state index contributed by atoms with van der Waals surface area (Å²) in [5, 5.41) is 0. The average molecular weight is 176 g/mol. The minimum atomic E-state index is 0. The molecule has 0 atom stereocenters. The van der Waals surface area contributed by atoms with Crippen LogP contribution in [0.1, 0.15) is 65.6 Å². The Balaban J connectivity index is 0.000000189. The zero-order valence-electron chi connectivity index (χ0n) is 8.44. The van der Waals surface area contributed by atoms with E-state index in [4.69, 9.17) is 1.37 Å². The van der Waals surface area contributed by atoms with Crippen LogP contribution in [0.3, 0.4) is 0 Å². The molecule has 0 spiro atoms. The molecule has 68 valence electrons. The summed E-state index contributed by atoms with van der Waals surface area (Å²) in [4.78, 5) is 0. The topological polar surface area (TPSA) is 0 Å². The third-order valence-corrected chi connectivity index (χ3v) is 2.32. The van der Waals surface area contributed by atoms with E-state index in [9.17, 15) is 0 Å². The molecule has 11 heavy (non-hydrogen) atoms. The lowest BCUT2D eigenvalue weighted by atomic mass is 10.4. The summed E-state index contributed by atoms with van der Waals surface area (Å²) in [6, 6.07) is 0. The lowest BCUT2D eigenvalue weighted by molar-refractivity contribution is 0.886. The van der Waals surface area contributed by atoms with Gasteiger partial charge in [0.1, 0.15) is 0 Å². The van der Waals surface area contributed by atoms with Crippen molar-refractivity contribution in [3.05, 3.63) is 0 Å². The minimum absolute atomic E-state index is 0. The fourth-order valence-electron chi connectivity index (χ4n) is 1.61. The molecule has 0 bridgehead atoms. The highest BCUT2D eigenvalue weighted by Gasteiger charge is 1.95. The molecule has 2 rings (SSSR count). The van der Waals surface area contributed by atoms with E-state index in [1.54, 1.807) is 0 Å². The maximum atomic E-state index is 7.13. The van der Waals surface area contributed by atoms with Crippen molar-refractivity contribution in [1.82, 2.24) is 0 Å². The Labute approximate surface area is 79.6 Å². The molecule has 0 radical (unpaired) electrons. The second-order valence-electron chi connectivity index (χ2n) is 3.34. The van der Waals surface area contributed by atoms with Crippen molar-refractivity contribution in [3.8, 4) is 0 Å². The lowest BCUT2D eigenvalue weighted by Gasteiger charge is -1.67. The van der Waals surface area contributed by atoms with Crippen LogP contribution in [0, 0.1) is 0 Å². The molecule has 0 aromatic carbocycles. The van der Waals surface area contributed by atoms with Gasteiger partial charge in [0.15, 0.2) is 0 Å². The van der Waals surface area contributed by atoms with Gasteiger partial charge in [0.25, 0.3) is 0 Å². The Morgan fingerprint density at radius 2 is 0.818 bits per heavy atom. The van der Waals surface area contributed by atoms with E-state index in [0.29, 0.717) is 6.40 Å². The average Bonchev–Trinajstić information content (AvgIpc) is 2.57. The fourth-order valence-corrected chi connectivity index (χ4v) is 1.61. The molecule has 0 aromatic heterocycles. The van der Waals surface area contributed by atoms with Crippen LogP contribution in [0.2, 0.25) is 0 Å². The van der Waals surface area contributed by atoms with Gasteiger partial charge in [-0.1, -0.05) is 64.2 Å². The van der Waals surface area contributed by atoms with E-state index in [0.717, 1.165) is 12.8 Å². The molecule has 0 amide bonds. The molecule has 2 saturated carbocycles. The molecular weight excluding hydrogens is 152 g/mol. The largest absolute Gasteiger partial charge is 0.197 e. The minimum Gasteiger partial charge on any atom is -0.197 e. The first-order valence-electron chi connectivity index (χ1n) is 5.39. The molecule has 0 aliphatic heterocycles. The number of hydrogen-bond acceptors (Lipinski definition) is 0. The Kier molecular flexibility index (Phi) is 7.25. The van der Waals surface area contributed by atoms with Gasteiger partial charge in [-0.05, 0) is 0 Å². The van der Waals surface area contributed by atoms with Crippen LogP contribution in [0.4, 0.5) is 0 Å². The highest BCUT2D eigenvalue weighted by Crippen LogP contribution is 2.15. The summed E-state index contributed by atoms with van der Waals surface area (Å²) in [5.74, 6) is 0. The predicted molar refractivity (Wildman–Crippen MR) is 56.6 cm³/mol. The number of hydrogen-bond donors (Lipinski definition) is 0. The lowest BCUT2D eigenvalue weighted by Crippen LogP contribution is -1.47. The summed E-state index contributed by atoms with van der Waals surface area (Å²) in [6.07, 6.45) is 12.7. The SMILES string of the molecule is C1CCCC1.S.[3H]C1CCCC1. The van der Waals surface area contributed by atoms with Gasteiger partial charge in [0.2, 0.25) is 0 Å².